The van der Waals surface area contributed by atoms with Gasteiger partial charge in [0.25, 0.3) is 0 Å². The van der Waals surface area contributed by atoms with Crippen LogP contribution in [-0.4, -0.2) is 50.5 Å². The highest BCUT2D eigenvalue weighted by atomic mass is 79.9. The number of esters is 1. The molecule has 0 saturated heterocycles. The van der Waals surface area contributed by atoms with Crippen LogP contribution >= 0.6 is 15.9 Å². The van der Waals surface area contributed by atoms with Gasteiger partial charge in [-0.1, -0.05) is 0 Å². The number of rotatable bonds is 12. The molecule has 0 aliphatic carbocycles. The van der Waals surface area contributed by atoms with Gasteiger partial charge in [-0.15, -0.1) is 4.91 Å². The summed E-state index contributed by atoms with van der Waals surface area (Å²) < 4.78 is 21.6. The lowest BCUT2D eigenvalue weighted by molar-refractivity contribution is -0.156. The zero-order valence-electron chi connectivity index (χ0n) is 16.2. The number of halogens is 1. The van der Waals surface area contributed by atoms with E-state index in [0.717, 1.165) is 0 Å². The first kappa shape index (κ1) is 24.0. The summed E-state index contributed by atoms with van der Waals surface area (Å²) in [5.74, 6) is -0.830. The minimum atomic E-state index is -0.650. The number of hydrogen-bond acceptors (Lipinski definition) is 8. The van der Waals surface area contributed by atoms with E-state index in [1.54, 1.807) is 20.8 Å². The maximum atomic E-state index is 11.5. The number of nitrogens with two attached hydrogens (primary N) is 1. The Hall–Kier alpha value is -2.04. The molecule has 0 aromatic heterocycles. The molecule has 0 radical (unpaired) electrons. The molecule has 1 aromatic carbocycles. The molecule has 2 N–H and O–H groups in total. The summed E-state index contributed by atoms with van der Waals surface area (Å²) in [4.78, 5) is 33.7. The molecule has 0 fully saturated rings. The Labute approximate surface area is 171 Å². The van der Waals surface area contributed by atoms with Crippen molar-refractivity contribution in [1.29, 1.82) is 0 Å². The molecule has 0 aliphatic heterocycles. The van der Waals surface area contributed by atoms with E-state index in [9.17, 15) is 14.5 Å². The number of carbonyl (C=O) groups is 2. The minimum absolute atomic E-state index is 0.0375. The van der Waals surface area contributed by atoms with Crippen LogP contribution in [0.2, 0.25) is 0 Å². The number of hydrogen-bond donors (Lipinski definition) is 1. The van der Waals surface area contributed by atoms with Gasteiger partial charge in [0.2, 0.25) is 5.91 Å². The first-order valence-electron chi connectivity index (χ1n) is 8.61. The van der Waals surface area contributed by atoms with Crippen LogP contribution in [0.1, 0.15) is 37.6 Å². The molecule has 10 heteroatoms. The third-order valence-corrected chi connectivity index (χ3v) is 3.74. The zero-order chi connectivity index (χ0) is 21.2. The molecule has 1 amide bonds. The van der Waals surface area contributed by atoms with Crippen LogP contribution in [0.15, 0.2) is 21.8 Å². The number of amides is 1. The molecule has 0 heterocycles. The summed E-state index contributed by atoms with van der Waals surface area (Å²) in [5, 5.41) is 2.88. The van der Waals surface area contributed by atoms with E-state index >= 15 is 0 Å². The molecule has 0 atom stereocenters. The first-order chi connectivity index (χ1) is 13.1. The second-order valence-electron chi connectivity index (χ2n) is 6.67. The summed E-state index contributed by atoms with van der Waals surface area (Å²) in [6.45, 7) is 6.64. The van der Waals surface area contributed by atoms with E-state index in [0.29, 0.717) is 17.7 Å². The molecule has 9 nitrogen and oxygen atoms in total. The zero-order valence-corrected chi connectivity index (χ0v) is 17.7. The smallest absolute Gasteiger partial charge is 0.308 e. The summed E-state index contributed by atoms with van der Waals surface area (Å²) in [5.41, 5.74) is 4.95. The second-order valence-corrected chi connectivity index (χ2v) is 7.52. The maximum Gasteiger partial charge on any atom is 0.308 e. The third kappa shape index (κ3) is 9.25. The Morgan fingerprint density at radius 3 is 2.25 bits per heavy atom. The fraction of sp³-hybridized carbons (Fsp3) is 0.556. The lowest BCUT2D eigenvalue weighted by atomic mass is 10.2. The van der Waals surface area contributed by atoms with Crippen molar-refractivity contribution in [3.05, 3.63) is 27.1 Å². The highest BCUT2D eigenvalue weighted by Crippen LogP contribution is 2.36. The van der Waals surface area contributed by atoms with Crippen molar-refractivity contribution in [3.8, 4) is 5.75 Å². The van der Waals surface area contributed by atoms with Crippen molar-refractivity contribution in [2.75, 3.05) is 33.0 Å². The molecule has 0 bridgehead atoms. The standard InChI is InChI=1S/C18H25BrN2O7/c1-18(2,3)28-15(22)4-5-25-6-7-26-8-9-27-14-11-12(17(20)23)10-13(19)16(14)21-24/h10-11H,4-9H2,1-3H3,(H2,20,23). The number of carbonyl (C=O) groups excluding carboxylic acids is 2. The lowest BCUT2D eigenvalue weighted by Crippen LogP contribution is -2.24. The van der Waals surface area contributed by atoms with Crippen molar-refractivity contribution in [2.24, 2.45) is 10.9 Å². The monoisotopic (exact) mass is 460 g/mol. The van der Waals surface area contributed by atoms with Gasteiger partial charge in [0.15, 0.2) is 11.4 Å². The van der Waals surface area contributed by atoms with Gasteiger partial charge in [-0.2, -0.15) is 0 Å². The lowest BCUT2D eigenvalue weighted by Gasteiger charge is -2.19. The number of benzene rings is 1. The molecular weight excluding hydrogens is 436 g/mol. The average molecular weight is 461 g/mol. The molecule has 156 valence electrons. The van der Waals surface area contributed by atoms with Crippen molar-refractivity contribution in [3.63, 3.8) is 0 Å². The van der Waals surface area contributed by atoms with Gasteiger partial charge in [-0.25, -0.2) is 0 Å². The topological polar surface area (TPSA) is 127 Å². The van der Waals surface area contributed by atoms with Crippen molar-refractivity contribution < 1.29 is 28.5 Å². The van der Waals surface area contributed by atoms with Gasteiger partial charge in [0, 0.05) is 5.56 Å². The second kappa shape index (κ2) is 11.7. The van der Waals surface area contributed by atoms with Crippen molar-refractivity contribution in [1.82, 2.24) is 0 Å². The molecule has 28 heavy (non-hydrogen) atoms. The van der Waals surface area contributed by atoms with Crippen LogP contribution in [0.25, 0.3) is 0 Å². The van der Waals surface area contributed by atoms with E-state index in [-0.39, 0.29) is 49.2 Å². The summed E-state index contributed by atoms with van der Waals surface area (Å²) >= 11 is 3.15. The first-order valence-corrected chi connectivity index (χ1v) is 9.40. The largest absolute Gasteiger partial charge is 0.489 e. The van der Waals surface area contributed by atoms with Crippen molar-refractivity contribution in [2.45, 2.75) is 32.8 Å². The van der Waals surface area contributed by atoms with Gasteiger partial charge in [-0.3, -0.25) is 9.59 Å². The summed E-state index contributed by atoms with van der Waals surface area (Å²) in [6, 6.07) is 2.75. The number of primary amides is 1. The van der Waals surface area contributed by atoms with Crippen LogP contribution in [0, 0.1) is 4.91 Å². The van der Waals surface area contributed by atoms with Crippen LogP contribution in [-0.2, 0) is 19.0 Å². The summed E-state index contributed by atoms with van der Waals surface area (Å²) in [6.07, 6.45) is 0.174. The molecular formula is C18H25BrN2O7. The van der Waals surface area contributed by atoms with Crippen LogP contribution in [0.4, 0.5) is 5.69 Å². The van der Waals surface area contributed by atoms with E-state index in [1.165, 1.54) is 12.1 Å². The Morgan fingerprint density at radius 1 is 1.07 bits per heavy atom. The molecule has 0 spiro atoms. The normalized spacial score (nSPS) is 11.1. The van der Waals surface area contributed by atoms with Gasteiger partial charge in [-0.05, 0) is 54.0 Å². The fourth-order valence-electron chi connectivity index (χ4n) is 2.00. The van der Waals surface area contributed by atoms with Gasteiger partial charge in [0.1, 0.15) is 12.2 Å². The Morgan fingerprint density at radius 2 is 1.68 bits per heavy atom. The molecule has 0 saturated carbocycles. The van der Waals surface area contributed by atoms with E-state index < -0.39 is 11.5 Å². The van der Waals surface area contributed by atoms with E-state index in [4.69, 9.17) is 24.7 Å². The number of nitrogens with zero attached hydrogens (tertiary/aromatic N) is 1. The van der Waals surface area contributed by atoms with Gasteiger partial charge in [0.05, 0.1) is 37.3 Å². The van der Waals surface area contributed by atoms with Crippen molar-refractivity contribution >= 4 is 33.5 Å². The quantitative estimate of drug-likeness (QED) is 0.288. The molecule has 0 aliphatic rings. The molecule has 0 unspecified atom stereocenters. The third-order valence-electron chi connectivity index (χ3n) is 3.13. The highest BCUT2D eigenvalue weighted by Gasteiger charge is 2.16. The number of ether oxygens (including phenoxy) is 4. The van der Waals surface area contributed by atoms with E-state index in [2.05, 4.69) is 21.1 Å². The van der Waals surface area contributed by atoms with Crippen LogP contribution < -0.4 is 10.5 Å². The maximum absolute atomic E-state index is 11.5. The Balaban J connectivity index is 2.24. The van der Waals surface area contributed by atoms with E-state index in [1.807, 2.05) is 0 Å². The Kier molecular flexibility index (Phi) is 10.0. The fourth-order valence-corrected chi connectivity index (χ4v) is 2.51. The SMILES string of the molecule is CC(C)(C)OC(=O)CCOCCOCCOc1cc(C(N)=O)cc(Br)c1N=O. The minimum Gasteiger partial charge on any atom is -0.489 e. The average Bonchev–Trinajstić information content (AvgIpc) is 2.58. The Bertz CT molecular complexity index is 689. The number of nitroso groups, excluding NO2 is 1. The summed E-state index contributed by atoms with van der Waals surface area (Å²) in [7, 11) is 0. The predicted molar refractivity (Wildman–Crippen MR) is 106 cm³/mol. The van der Waals surface area contributed by atoms with Gasteiger partial charge < -0.3 is 24.7 Å². The van der Waals surface area contributed by atoms with Crippen LogP contribution in [0.3, 0.4) is 0 Å². The molecule has 1 rings (SSSR count). The molecule has 1 aromatic rings. The predicted octanol–water partition coefficient (Wildman–Crippen LogP) is 3.09. The van der Waals surface area contributed by atoms with Crippen LogP contribution in [0.5, 0.6) is 5.75 Å². The highest BCUT2D eigenvalue weighted by molar-refractivity contribution is 9.10. The van der Waals surface area contributed by atoms with Gasteiger partial charge >= 0.3 is 5.97 Å².